The first kappa shape index (κ1) is 10.4. The van der Waals surface area contributed by atoms with E-state index in [1.54, 1.807) is 0 Å². The highest BCUT2D eigenvalue weighted by Gasteiger charge is 2.21. The second-order valence-electron chi connectivity index (χ2n) is 3.35. The maximum Gasteiger partial charge on any atom is 0.0714 e. The topological polar surface area (TPSA) is 12.5 Å². The lowest BCUT2D eigenvalue weighted by atomic mass is 10.3. The van der Waals surface area contributed by atoms with Crippen LogP contribution in [0.5, 0.6) is 0 Å². The van der Waals surface area contributed by atoms with Crippen LogP contribution in [0, 0.1) is 0 Å². The molecule has 0 spiro atoms. The summed E-state index contributed by atoms with van der Waals surface area (Å²) in [6.45, 7) is 5.35. The third-order valence-electron chi connectivity index (χ3n) is 2.28. The van der Waals surface area contributed by atoms with Crippen molar-refractivity contribution in [3.8, 4) is 0 Å². The van der Waals surface area contributed by atoms with E-state index >= 15 is 0 Å². The molecule has 0 bridgehead atoms. The van der Waals surface area contributed by atoms with Gasteiger partial charge in [-0.3, -0.25) is 4.90 Å². The molecule has 1 heterocycles. The van der Waals surface area contributed by atoms with Crippen molar-refractivity contribution < 1.29 is 4.74 Å². The summed E-state index contributed by atoms with van der Waals surface area (Å²) in [5.41, 5.74) is 0. The fourth-order valence-electron chi connectivity index (χ4n) is 1.46. The van der Waals surface area contributed by atoms with Gasteiger partial charge < -0.3 is 4.74 Å². The number of hydrogen-bond donors (Lipinski definition) is 1. The number of nitrogens with zero attached hydrogens (tertiary/aromatic N) is 1. The van der Waals surface area contributed by atoms with E-state index in [1.807, 2.05) is 0 Å². The Morgan fingerprint density at radius 2 is 2.42 bits per heavy atom. The largest absolute Gasteiger partial charge is 0.377 e. The lowest BCUT2D eigenvalue weighted by Gasteiger charge is -2.13. The lowest BCUT2D eigenvalue weighted by molar-refractivity contribution is 0.0586. The Labute approximate surface area is 80.7 Å². The van der Waals surface area contributed by atoms with Crippen molar-refractivity contribution in [2.24, 2.45) is 0 Å². The molecular weight excluding hydrogens is 170 g/mol. The van der Waals surface area contributed by atoms with Gasteiger partial charge in [0.1, 0.15) is 0 Å². The van der Waals surface area contributed by atoms with Crippen LogP contribution in [0.25, 0.3) is 0 Å². The Hall–Kier alpha value is 0.270. The van der Waals surface area contributed by atoms with Gasteiger partial charge in [0.25, 0.3) is 0 Å². The first-order valence-electron chi connectivity index (χ1n) is 4.81. The normalized spacial score (nSPS) is 25.0. The van der Waals surface area contributed by atoms with E-state index in [0.29, 0.717) is 6.10 Å². The number of unbranched alkanes of at least 4 members (excludes halogenated alkanes) is 1. The molecule has 0 saturated carbocycles. The molecule has 0 aromatic carbocycles. The van der Waals surface area contributed by atoms with Gasteiger partial charge in [0.05, 0.1) is 6.10 Å². The zero-order valence-corrected chi connectivity index (χ0v) is 8.72. The van der Waals surface area contributed by atoms with Crippen LogP contribution in [0.1, 0.15) is 26.2 Å². The fourth-order valence-corrected chi connectivity index (χ4v) is 1.71. The van der Waals surface area contributed by atoms with Gasteiger partial charge in [0, 0.05) is 25.6 Å². The Morgan fingerprint density at radius 3 is 3.00 bits per heavy atom. The van der Waals surface area contributed by atoms with Gasteiger partial charge in [-0.05, 0) is 12.8 Å². The summed E-state index contributed by atoms with van der Waals surface area (Å²) in [5.74, 6) is 0.869. The molecule has 1 aliphatic rings. The van der Waals surface area contributed by atoms with Crippen LogP contribution in [0.3, 0.4) is 0 Å². The van der Waals surface area contributed by atoms with Crippen molar-refractivity contribution in [1.29, 1.82) is 0 Å². The molecule has 0 amide bonds. The molecule has 1 unspecified atom stereocenters. The SMILES string of the molecule is CCCCOC1CCN(CS)C1. The van der Waals surface area contributed by atoms with E-state index in [0.717, 1.165) is 25.6 Å². The standard InChI is InChI=1S/C9H19NOS/c1-2-3-6-11-9-4-5-10(7-9)8-12/h9,12H,2-8H2,1H3. The second kappa shape index (κ2) is 5.84. The van der Waals surface area contributed by atoms with Crippen molar-refractivity contribution in [2.75, 3.05) is 25.6 Å². The Morgan fingerprint density at radius 1 is 1.58 bits per heavy atom. The zero-order chi connectivity index (χ0) is 8.81. The van der Waals surface area contributed by atoms with E-state index in [1.165, 1.54) is 19.3 Å². The third kappa shape index (κ3) is 3.33. The first-order valence-corrected chi connectivity index (χ1v) is 5.45. The number of ether oxygens (including phenoxy) is 1. The van der Waals surface area contributed by atoms with E-state index < -0.39 is 0 Å². The van der Waals surface area contributed by atoms with Gasteiger partial charge >= 0.3 is 0 Å². The molecule has 0 N–H and O–H groups in total. The molecule has 0 aromatic heterocycles. The number of thiol groups is 1. The Balaban J connectivity index is 2.03. The molecule has 0 radical (unpaired) electrons. The first-order chi connectivity index (χ1) is 5.86. The van der Waals surface area contributed by atoms with Crippen LogP contribution in [-0.2, 0) is 4.74 Å². The molecular formula is C9H19NOS. The smallest absolute Gasteiger partial charge is 0.0714 e. The Bertz CT molecular complexity index is 121. The van der Waals surface area contributed by atoms with E-state index in [-0.39, 0.29) is 0 Å². The second-order valence-corrected chi connectivity index (χ2v) is 3.64. The lowest BCUT2D eigenvalue weighted by Crippen LogP contribution is -2.22. The van der Waals surface area contributed by atoms with Gasteiger partial charge in [-0.1, -0.05) is 13.3 Å². The quantitative estimate of drug-likeness (QED) is 0.522. The summed E-state index contributed by atoms with van der Waals surface area (Å²) >= 11 is 4.24. The number of rotatable bonds is 5. The molecule has 3 heteroatoms. The Kier molecular flexibility index (Phi) is 5.04. The van der Waals surface area contributed by atoms with Crippen LogP contribution < -0.4 is 0 Å². The summed E-state index contributed by atoms with van der Waals surface area (Å²) in [6.07, 6.45) is 4.08. The molecule has 0 aromatic rings. The molecule has 1 saturated heterocycles. The van der Waals surface area contributed by atoms with E-state index in [4.69, 9.17) is 4.74 Å². The maximum atomic E-state index is 5.70. The van der Waals surface area contributed by atoms with Crippen LogP contribution in [0.2, 0.25) is 0 Å². The van der Waals surface area contributed by atoms with Crippen LogP contribution in [0.15, 0.2) is 0 Å². The minimum Gasteiger partial charge on any atom is -0.377 e. The third-order valence-corrected chi connectivity index (χ3v) is 2.68. The van der Waals surface area contributed by atoms with Gasteiger partial charge in [0.2, 0.25) is 0 Å². The highest BCUT2D eigenvalue weighted by atomic mass is 32.1. The van der Waals surface area contributed by atoms with E-state index in [2.05, 4.69) is 24.5 Å². The van der Waals surface area contributed by atoms with Crippen molar-refractivity contribution >= 4 is 12.6 Å². The predicted molar refractivity (Wildman–Crippen MR) is 54.7 cm³/mol. The van der Waals surface area contributed by atoms with Crippen molar-refractivity contribution in [1.82, 2.24) is 4.90 Å². The maximum absolute atomic E-state index is 5.70. The highest BCUT2D eigenvalue weighted by Crippen LogP contribution is 2.12. The predicted octanol–water partition coefficient (Wildman–Crippen LogP) is 1.76. The summed E-state index contributed by atoms with van der Waals surface area (Å²) in [7, 11) is 0. The van der Waals surface area contributed by atoms with Gasteiger partial charge in [-0.25, -0.2) is 0 Å². The average molecular weight is 189 g/mol. The zero-order valence-electron chi connectivity index (χ0n) is 7.83. The van der Waals surface area contributed by atoms with Crippen molar-refractivity contribution in [3.63, 3.8) is 0 Å². The molecule has 2 nitrogen and oxygen atoms in total. The van der Waals surface area contributed by atoms with Crippen LogP contribution >= 0.6 is 12.6 Å². The van der Waals surface area contributed by atoms with Crippen molar-refractivity contribution in [3.05, 3.63) is 0 Å². The molecule has 12 heavy (non-hydrogen) atoms. The minimum atomic E-state index is 0.476. The molecule has 1 aliphatic heterocycles. The van der Waals surface area contributed by atoms with Crippen LogP contribution in [-0.4, -0.2) is 36.6 Å². The molecule has 72 valence electrons. The average Bonchev–Trinajstić information content (AvgIpc) is 2.53. The summed E-state index contributed by atoms with van der Waals surface area (Å²) in [4.78, 5) is 2.32. The van der Waals surface area contributed by atoms with Gasteiger partial charge in [-0.2, -0.15) is 12.6 Å². The molecule has 1 fully saturated rings. The number of likely N-dealkylation sites (tertiary alicyclic amines) is 1. The highest BCUT2D eigenvalue weighted by molar-refractivity contribution is 7.80. The van der Waals surface area contributed by atoms with Crippen molar-refractivity contribution in [2.45, 2.75) is 32.3 Å². The summed E-state index contributed by atoms with van der Waals surface area (Å²) in [5, 5.41) is 0. The minimum absolute atomic E-state index is 0.476. The summed E-state index contributed by atoms with van der Waals surface area (Å²) < 4.78 is 5.70. The molecule has 1 atom stereocenters. The summed E-state index contributed by atoms with van der Waals surface area (Å²) in [6, 6.07) is 0. The van der Waals surface area contributed by atoms with Crippen LogP contribution in [0.4, 0.5) is 0 Å². The monoisotopic (exact) mass is 189 g/mol. The van der Waals surface area contributed by atoms with Gasteiger partial charge in [-0.15, -0.1) is 0 Å². The fraction of sp³-hybridized carbons (Fsp3) is 1.00. The number of hydrogen-bond acceptors (Lipinski definition) is 3. The van der Waals surface area contributed by atoms with Gasteiger partial charge in [0.15, 0.2) is 0 Å². The molecule has 1 rings (SSSR count). The molecule has 0 aliphatic carbocycles. The van der Waals surface area contributed by atoms with E-state index in [9.17, 15) is 0 Å².